The van der Waals surface area contributed by atoms with Crippen LogP contribution in [0.1, 0.15) is 27.7 Å². The summed E-state index contributed by atoms with van der Waals surface area (Å²) in [6, 6.07) is 0. The van der Waals surface area contributed by atoms with Crippen LogP contribution in [0.2, 0.25) is 0 Å². The molecule has 1 saturated heterocycles. The third-order valence-electron chi connectivity index (χ3n) is 2.14. The minimum absolute atomic E-state index is 0. The van der Waals surface area contributed by atoms with Gasteiger partial charge in [-0.25, -0.2) is 0 Å². The number of hydrogen-bond donors (Lipinski definition) is 0. The van der Waals surface area contributed by atoms with Crippen LogP contribution in [0.25, 0.3) is 0 Å². The van der Waals surface area contributed by atoms with Gasteiger partial charge in [0.15, 0.2) is 0 Å². The Balaban J connectivity index is -0.000000270. The van der Waals surface area contributed by atoms with Crippen LogP contribution in [-0.2, 0) is 26.4 Å². The quantitative estimate of drug-likeness (QED) is 0.481. The van der Waals surface area contributed by atoms with Gasteiger partial charge < -0.3 is 9.31 Å². The molecule has 0 saturated carbocycles. The van der Waals surface area contributed by atoms with Gasteiger partial charge in [0, 0.05) is 17.1 Å². The SMILES string of the molecule is CC1(C)O[B]OC1(C)C.P.P.[Cu]. The molecule has 2 unspecified atom stereocenters. The van der Waals surface area contributed by atoms with Crippen molar-refractivity contribution in [1.29, 1.82) is 0 Å². The Bertz CT molecular complexity index is 119. The zero-order valence-electron chi connectivity index (χ0n) is 8.11. The van der Waals surface area contributed by atoms with Gasteiger partial charge in [-0.15, -0.1) is 0 Å². The number of rotatable bonds is 0. The summed E-state index contributed by atoms with van der Waals surface area (Å²) < 4.78 is 10.4. The van der Waals surface area contributed by atoms with Crippen LogP contribution in [0, 0.1) is 0 Å². The maximum Gasteiger partial charge on any atom is 0.488 e. The monoisotopic (exact) mass is 258 g/mol. The molecular formula is C6H18BCuO2P2. The van der Waals surface area contributed by atoms with Crippen molar-refractivity contribution in [3.8, 4) is 0 Å². The van der Waals surface area contributed by atoms with Gasteiger partial charge in [-0.05, 0) is 27.7 Å². The molecule has 12 heavy (non-hydrogen) atoms. The molecule has 0 N–H and O–H groups in total. The first-order valence-corrected chi connectivity index (χ1v) is 3.13. The molecule has 0 aromatic rings. The van der Waals surface area contributed by atoms with Gasteiger partial charge in [0.2, 0.25) is 0 Å². The topological polar surface area (TPSA) is 18.5 Å². The van der Waals surface area contributed by atoms with E-state index in [9.17, 15) is 0 Å². The molecule has 0 spiro atoms. The molecule has 1 aliphatic rings. The van der Waals surface area contributed by atoms with Crippen molar-refractivity contribution in [3.63, 3.8) is 0 Å². The molecule has 2 atom stereocenters. The minimum atomic E-state index is -0.188. The first-order chi connectivity index (χ1) is 3.96. The predicted octanol–water partition coefficient (Wildman–Crippen LogP) is 1.24. The smallest absolute Gasteiger partial charge is 0.405 e. The molecule has 0 bridgehead atoms. The Kier molecular flexibility index (Phi) is 9.45. The van der Waals surface area contributed by atoms with Gasteiger partial charge in [-0.1, -0.05) is 0 Å². The van der Waals surface area contributed by atoms with Crippen LogP contribution in [-0.4, -0.2) is 18.9 Å². The fourth-order valence-corrected chi connectivity index (χ4v) is 0.548. The molecule has 6 heteroatoms. The zero-order valence-corrected chi connectivity index (χ0v) is 11.9. The second-order valence-electron chi connectivity index (χ2n) is 3.35. The van der Waals surface area contributed by atoms with Gasteiger partial charge in [0.1, 0.15) is 0 Å². The first kappa shape index (κ1) is 19.0. The third kappa shape index (κ3) is 3.62. The molecule has 1 rings (SSSR count). The van der Waals surface area contributed by atoms with Crippen LogP contribution in [0.15, 0.2) is 0 Å². The maximum absolute atomic E-state index is 5.21. The Morgan fingerprint density at radius 2 is 1.08 bits per heavy atom. The van der Waals surface area contributed by atoms with Crippen molar-refractivity contribution < 1.29 is 26.4 Å². The van der Waals surface area contributed by atoms with Crippen LogP contribution < -0.4 is 0 Å². The third-order valence-corrected chi connectivity index (χ3v) is 2.14. The molecule has 1 aliphatic heterocycles. The fraction of sp³-hybridized carbons (Fsp3) is 1.00. The molecule has 78 valence electrons. The van der Waals surface area contributed by atoms with E-state index >= 15 is 0 Å². The van der Waals surface area contributed by atoms with E-state index in [-0.39, 0.29) is 48.1 Å². The Morgan fingerprint density at radius 3 is 1.17 bits per heavy atom. The zero-order chi connectivity index (χ0) is 7.12. The molecule has 2 radical (unpaired) electrons. The summed E-state index contributed by atoms with van der Waals surface area (Å²) >= 11 is 0. The van der Waals surface area contributed by atoms with Crippen molar-refractivity contribution in [2.45, 2.75) is 38.9 Å². The molecule has 1 heterocycles. The van der Waals surface area contributed by atoms with Gasteiger partial charge in [-0.3, -0.25) is 0 Å². The van der Waals surface area contributed by atoms with Crippen molar-refractivity contribution in [1.82, 2.24) is 0 Å². The predicted molar refractivity (Wildman–Crippen MR) is 58.3 cm³/mol. The molecule has 0 aromatic carbocycles. The Morgan fingerprint density at radius 1 is 0.833 bits per heavy atom. The van der Waals surface area contributed by atoms with E-state index in [0.717, 1.165) is 0 Å². The van der Waals surface area contributed by atoms with E-state index in [1.807, 2.05) is 27.7 Å². The van der Waals surface area contributed by atoms with Crippen LogP contribution in [0.3, 0.4) is 0 Å². The summed E-state index contributed by atoms with van der Waals surface area (Å²) in [6.07, 6.45) is 0. The van der Waals surface area contributed by atoms with E-state index in [1.165, 1.54) is 7.69 Å². The van der Waals surface area contributed by atoms with E-state index < -0.39 is 0 Å². The van der Waals surface area contributed by atoms with E-state index in [2.05, 4.69) is 0 Å². The van der Waals surface area contributed by atoms with Gasteiger partial charge in [-0.2, -0.15) is 19.8 Å². The summed E-state index contributed by atoms with van der Waals surface area (Å²) in [6.45, 7) is 8.04. The minimum Gasteiger partial charge on any atom is -0.405 e. The van der Waals surface area contributed by atoms with Gasteiger partial charge >= 0.3 is 7.69 Å². The summed E-state index contributed by atoms with van der Waals surface area (Å²) in [5.41, 5.74) is -0.375. The maximum atomic E-state index is 5.21. The molecular weight excluding hydrogens is 240 g/mol. The molecule has 0 aliphatic carbocycles. The fourth-order valence-electron chi connectivity index (χ4n) is 0.548. The molecule has 2 nitrogen and oxygen atoms in total. The molecule has 0 amide bonds. The van der Waals surface area contributed by atoms with Crippen molar-refractivity contribution >= 4 is 27.5 Å². The summed E-state index contributed by atoms with van der Waals surface area (Å²) in [4.78, 5) is 0. The van der Waals surface area contributed by atoms with Crippen molar-refractivity contribution in [2.75, 3.05) is 0 Å². The van der Waals surface area contributed by atoms with Gasteiger partial charge in [0.05, 0.1) is 11.2 Å². The Hall–Kier alpha value is 1.36. The standard InChI is InChI=1S/C6H12BO2.Cu.2H3P/c1-5(2)6(3,4)9-7-8-5;;;/h1-4H3;;2*1H3. The van der Waals surface area contributed by atoms with Crippen molar-refractivity contribution in [2.24, 2.45) is 0 Å². The molecule has 0 aromatic heterocycles. The first-order valence-electron chi connectivity index (χ1n) is 3.13. The second-order valence-corrected chi connectivity index (χ2v) is 3.35. The van der Waals surface area contributed by atoms with Crippen molar-refractivity contribution in [3.05, 3.63) is 0 Å². The van der Waals surface area contributed by atoms with E-state index in [0.29, 0.717) is 0 Å². The van der Waals surface area contributed by atoms with E-state index in [1.54, 1.807) is 0 Å². The normalized spacial score (nSPS) is 22.3. The summed E-state index contributed by atoms with van der Waals surface area (Å²) in [7, 11) is 1.42. The van der Waals surface area contributed by atoms with Crippen LogP contribution >= 0.6 is 19.8 Å². The largest absolute Gasteiger partial charge is 0.488 e. The van der Waals surface area contributed by atoms with Gasteiger partial charge in [0.25, 0.3) is 0 Å². The average Bonchev–Trinajstić information content (AvgIpc) is 1.81. The average molecular weight is 259 g/mol. The Labute approximate surface area is 92.9 Å². The van der Waals surface area contributed by atoms with Crippen LogP contribution in [0.4, 0.5) is 0 Å². The second kappa shape index (κ2) is 5.96. The van der Waals surface area contributed by atoms with E-state index in [4.69, 9.17) is 9.31 Å². The van der Waals surface area contributed by atoms with Crippen LogP contribution in [0.5, 0.6) is 0 Å². The summed E-state index contributed by atoms with van der Waals surface area (Å²) in [5.74, 6) is 0. The molecule has 1 fully saturated rings. The number of hydrogen-bond acceptors (Lipinski definition) is 2. The summed E-state index contributed by atoms with van der Waals surface area (Å²) in [5, 5.41) is 0.